The largest absolute Gasteiger partial charge is 0.374 e. The first-order valence-electron chi connectivity index (χ1n) is 4.43. The van der Waals surface area contributed by atoms with E-state index in [0.29, 0.717) is 0 Å². The molecule has 1 aromatic rings. The van der Waals surface area contributed by atoms with Crippen molar-refractivity contribution < 1.29 is 13.3 Å². The van der Waals surface area contributed by atoms with Gasteiger partial charge in [-0.15, -0.1) is 4.83 Å². The van der Waals surface area contributed by atoms with E-state index in [0.717, 1.165) is 17.4 Å². The molecule has 0 fully saturated rings. The number of hydrogen-bond donors (Lipinski definition) is 2. The van der Waals surface area contributed by atoms with E-state index in [9.17, 15) is 18.5 Å². The zero-order valence-electron chi connectivity index (χ0n) is 9.42. The fraction of sp³-hybridized carbons (Fsp3) is 0.429. The lowest BCUT2D eigenvalue weighted by atomic mass is 10.5. The van der Waals surface area contributed by atoms with Crippen LogP contribution in [0.1, 0.15) is 0 Å². The zero-order chi connectivity index (χ0) is 13.2. The number of nitrogens with zero attached hydrogens (tertiary/aromatic N) is 2. The topological polar surface area (TPSA) is 105 Å². The third kappa shape index (κ3) is 3.12. The standard InChI is InChI=1S/C7H12N4O4S2/c1-8-7-5(11(12)13)4-6(16-7)17(14,15)9-10(2)3/h4,8-9H,1-3H3. The average molecular weight is 280 g/mol. The number of thiophene rings is 1. The fourth-order valence-electron chi connectivity index (χ4n) is 1.09. The van der Waals surface area contributed by atoms with Gasteiger partial charge < -0.3 is 5.32 Å². The van der Waals surface area contributed by atoms with Crippen LogP contribution in [0.2, 0.25) is 0 Å². The number of nitro groups is 1. The van der Waals surface area contributed by atoms with Gasteiger partial charge in [0.2, 0.25) is 0 Å². The van der Waals surface area contributed by atoms with Crippen LogP contribution >= 0.6 is 11.3 Å². The minimum Gasteiger partial charge on any atom is -0.374 e. The molecule has 0 bridgehead atoms. The maximum absolute atomic E-state index is 11.8. The van der Waals surface area contributed by atoms with Crippen molar-refractivity contribution in [1.29, 1.82) is 0 Å². The predicted octanol–water partition coefficient (Wildman–Crippen LogP) is 0.453. The summed E-state index contributed by atoms with van der Waals surface area (Å²) in [5.74, 6) is 0. The molecule has 0 aromatic carbocycles. The third-order valence-corrected chi connectivity index (χ3v) is 4.78. The molecule has 0 amide bonds. The van der Waals surface area contributed by atoms with E-state index in [2.05, 4.69) is 10.1 Å². The summed E-state index contributed by atoms with van der Waals surface area (Å²) in [5, 5.41) is 14.7. The third-order valence-electron chi connectivity index (χ3n) is 1.68. The van der Waals surface area contributed by atoms with Crippen molar-refractivity contribution in [3.8, 4) is 0 Å². The molecule has 17 heavy (non-hydrogen) atoms. The van der Waals surface area contributed by atoms with E-state index < -0.39 is 14.9 Å². The van der Waals surface area contributed by atoms with Crippen molar-refractivity contribution in [2.24, 2.45) is 0 Å². The number of anilines is 1. The highest BCUT2D eigenvalue weighted by atomic mass is 32.2. The van der Waals surface area contributed by atoms with Crippen LogP contribution in [0.3, 0.4) is 0 Å². The van der Waals surface area contributed by atoms with Crippen LogP contribution in [-0.2, 0) is 10.0 Å². The van der Waals surface area contributed by atoms with E-state index in [4.69, 9.17) is 0 Å². The van der Waals surface area contributed by atoms with Gasteiger partial charge in [0.1, 0.15) is 4.21 Å². The Balaban J connectivity index is 3.21. The lowest BCUT2D eigenvalue weighted by Gasteiger charge is -2.10. The first-order chi connectivity index (χ1) is 7.77. The van der Waals surface area contributed by atoms with Crippen LogP contribution in [0.25, 0.3) is 0 Å². The molecule has 8 nitrogen and oxygen atoms in total. The summed E-state index contributed by atoms with van der Waals surface area (Å²) < 4.78 is 23.4. The van der Waals surface area contributed by atoms with Gasteiger partial charge in [-0.3, -0.25) is 10.1 Å². The van der Waals surface area contributed by atoms with Crippen LogP contribution < -0.4 is 10.1 Å². The molecule has 0 atom stereocenters. The molecule has 10 heteroatoms. The quantitative estimate of drug-likeness (QED) is 0.599. The zero-order valence-corrected chi connectivity index (χ0v) is 11.1. The summed E-state index contributed by atoms with van der Waals surface area (Å²) in [5.41, 5.74) is -0.253. The molecule has 0 saturated carbocycles. The minimum atomic E-state index is -3.75. The molecule has 0 aliphatic carbocycles. The Morgan fingerprint density at radius 2 is 2.06 bits per heavy atom. The lowest BCUT2D eigenvalue weighted by molar-refractivity contribution is -0.383. The Hall–Kier alpha value is -1.23. The van der Waals surface area contributed by atoms with Gasteiger partial charge in [0, 0.05) is 27.2 Å². The van der Waals surface area contributed by atoms with Crippen LogP contribution in [0.15, 0.2) is 10.3 Å². The number of sulfonamides is 1. The summed E-state index contributed by atoms with van der Waals surface area (Å²) in [7, 11) is 0.765. The van der Waals surface area contributed by atoms with E-state index >= 15 is 0 Å². The summed E-state index contributed by atoms with van der Waals surface area (Å²) in [6.07, 6.45) is 0. The van der Waals surface area contributed by atoms with Crippen molar-refractivity contribution in [2.75, 3.05) is 26.5 Å². The van der Waals surface area contributed by atoms with Gasteiger partial charge in [0.25, 0.3) is 10.0 Å². The summed E-state index contributed by atoms with van der Waals surface area (Å²) >= 11 is 0.807. The minimum absolute atomic E-state index is 0.109. The fourth-order valence-corrected chi connectivity index (χ4v) is 3.44. The molecule has 1 aromatic heterocycles. The highest BCUT2D eigenvalue weighted by molar-refractivity contribution is 7.91. The van der Waals surface area contributed by atoms with Crippen molar-refractivity contribution in [3.05, 3.63) is 16.2 Å². The molecule has 0 aliphatic rings. The molecule has 1 heterocycles. The predicted molar refractivity (Wildman–Crippen MR) is 64.5 cm³/mol. The molecule has 0 unspecified atom stereocenters. The summed E-state index contributed by atoms with van der Waals surface area (Å²) in [4.78, 5) is 12.3. The Morgan fingerprint density at radius 3 is 2.41 bits per heavy atom. The summed E-state index contributed by atoms with van der Waals surface area (Å²) in [6, 6.07) is 1.03. The van der Waals surface area contributed by atoms with E-state index in [1.54, 1.807) is 0 Å². The number of nitrogens with one attached hydrogen (secondary N) is 2. The van der Waals surface area contributed by atoms with Gasteiger partial charge in [-0.2, -0.15) is 0 Å². The number of hydrogen-bond acceptors (Lipinski definition) is 7. The van der Waals surface area contributed by atoms with E-state index in [1.807, 2.05) is 0 Å². The van der Waals surface area contributed by atoms with Gasteiger partial charge in [0.15, 0.2) is 5.00 Å². The normalized spacial score (nSPS) is 11.8. The van der Waals surface area contributed by atoms with Gasteiger partial charge in [-0.05, 0) is 0 Å². The van der Waals surface area contributed by atoms with Gasteiger partial charge >= 0.3 is 5.69 Å². The maximum atomic E-state index is 11.8. The Labute approximate surface area is 102 Å². The smallest absolute Gasteiger partial charge is 0.304 e. The second-order valence-corrected chi connectivity index (χ2v) is 6.22. The van der Waals surface area contributed by atoms with Gasteiger partial charge in [0.05, 0.1) is 4.92 Å². The van der Waals surface area contributed by atoms with Crippen LogP contribution in [-0.4, -0.2) is 39.5 Å². The molecule has 0 spiro atoms. The molecule has 0 radical (unpaired) electrons. The van der Waals surface area contributed by atoms with Crippen LogP contribution in [0.5, 0.6) is 0 Å². The van der Waals surface area contributed by atoms with Crippen molar-refractivity contribution in [2.45, 2.75) is 4.21 Å². The molecule has 0 aliphatic heterocycles. The highest BCUT2D eigenvalue weighted by Gasteiger charge is 2.25. The maximum Gasteiger partial charge on any atom is 0.304 e. The molecular formula is C7H12N4O4S2. The first kappa shape index (κ1) is 13.8. The second kappa shape index (κ2) is 4.96. The van der Waals surface area contributed by atoms with Crippen molar-refractivity contribution >= 4 is 32.0 Å². The molecular weight excluding hydrogens is 268 g/mol. The first-order valence-corrected chi connectivity index (χ1v) is 6.73. The second-order valence-electron chi connectivity index (χ2n) is 3.28. The molecule has 1 rings (SSSR count). The number of hydrazine groups is 1. The van der Waals surface area contributed by atoms with Crippen LogP contribution in [0.4, 0.5) is 10.7 Å². The van der Waals surface area contributed by atoms with Gasteiger partial charge in [-0.1, -0.05) is 11.3 Å². The van der Waals surface area contributed by atoms with E-state index in [1.165, 1.54) is 26.2 Å². The highest BCUT2D eigenvalue weighted by Crippen LogP contribution is 2.36. The Bertz CT molecular complexity index is 522. The number of rotatable bonds is 5. The Kier molecular flexibility index (Phi) is 4.03. The average Bonchev–Trinajstić information content (AvgIpc) is 2.59. The van der Waals surface area contributed by atoms with Crippen LogP contribution in [0, 0.1) is 10.1 Å². The van der Waals surface area contributed by atoms with E-state index in [-0.39, 0.29) is 14.9 Å². The van der Waals surface area contributed by atoms with Crippen molar-refractivity contribution in [3.63, 3.8) is 0 Å². The molecule has 2 N–H and O–H groups in total. The van der Waals surface area contributed by atoms with Gasteiger partial charge in [-0.25, -0.2) is 13.4 Å². The monoisotopic (exact) mass is 280 g/mol. The molecule has 0 saturated heterocycles. The summed E-state index contributed by atoms with van der Waals surface area (Å²) in [6.45, 7) is 0. The molecule has 96 valence electrons. The lowest BCUT2D eigenvalue weighted by Crippen LogP contribution is -2.35. The SMILES string of the molecule is CNc1sc(S(=O)(=O)NN(C)C)cc1[N+](=O)[O-]. The van der Waals surface area contributed by atoms with Crippen molar-refractivity contribution in [1.82, 2.24) is 9.84 Å². The Morgan fingerprint density at radius 1 is 1.47 bits per heavy atom.